The van der Waals surface area contributed by atoms with Gasteiger partial charge >= 0.3 is 17.9 Å². The van der Waals surface area contributed by atoms with Gasteiger partial charge < -0.3 is 14.2 Å². The summed E-state index contributed by atoms with van der Waals surface area (Å²) in [7, 11) is 0. The molecule has 0 radical (unpaired) electrons. The van der Waals surface area contributed by atoms with Crippen molar-refractivity contribution in [3.05, 3.63) is 48.6 Å². The standard InChI is InChI=1S/C56H100O6/c1-4-7-10-13-16-19-22-24-26-27-28-29-31-32-34-37-40-43-46-49-55(58)61-52-53(51-60-54(57)48-45-42-39-36-21-18-15-12-9-6-3)62-56(59)50-47-44-41-38-35-33-30-25-23-20-17-14-11-8-5-2/h8,11,14-15,17-18,20,23,53H,4-7,9-10,12-13,16,19,21-22,24-52H2,1-3H3/b11-8-,17-14-,18-15-,23-20-. The second kappa shape index (κ2) is 51.0. The molecule has 360 valence electrons. The van der Waals surface area contributed by atoms with Gasteiger partial charge in [-0.15, -0.1) is 0 Å². The van der Waals surface area contributed by atoms with Gasteiger partial charge in [0.15, 0.2) is 6.10 Å². The van der Waals surface area contributed by atoms with E-state index < -0.39 is 6.10 Å². The first kappa shape index (κ1) is 59.4. The summed E-state index contributed by atoms with van der Waals surface area (Å²) >= 11 is 0. The van der Waals surface area contributed by atoms with Crippen LogP contribution in [0.3, 0.4) is 0 Å². The summed E-state index contributed by atoms with van der Waals surface area (Å²) in [6.07, 6.45) is 61.0. The number of ether oxygens (including phenoxy) is 3. The fourth-order valence-electron chi connectivity index (χ4n) is 7.60. The van der Waals surface area contributed by atoms with Crippen LogP contribution in [0.25, 0.3) is 0 Å². The minimum Gasteiger partial charge on any atom is -0.462 e. The molecular formula is C56H100O6. The third kappa shape index (κ3) is 48.4. The lowest BCUT2D eigenvalue weighted by molar-refractivity contribution is -0.167. The molecule has 0 aliphatic rings. The summed E-state index contributed by atoms with van der Waals surface area (Å²) in [5.74, 6) is -0.897. The Labute approximate surface area is 384 Å². The maximum atomic E-state index is 12.8. The first-order valence-corrected chi connectivity index (χ1v) is 26.7. The van der Waals surface area contributed by atoms with Crippen LogP contribution < -0.4 is 0 Å². The highest BCUT2D eigenvalue weighted by Crippen LogP contribution is 2.16. The van der Waals surface area contributed by atoms with Crippen LogP contribution in [0, 0.1) is 0 Å². The topological polar surface area (TPSA) is 78.9 Å². The lowest BCUT2D eigenvalue weighted by Gasteiger charge is -2.18. The van der Waals surface area contributed by atoms with E-state index in [2.05, 4.69) is 69.4 Å². The number of carbonyl (C=O) groups excluding carboxylic acids is 3. The highest BCUT2D eigenvalue weighted by Gasteiger charge is 2.19. The van der Waals surface area contributed by atoms with E-state index in [1.807, 2.05) is 0 Å². The van der Waals surface area contributed by atoms with Gasteiger partial charge in [0.2, 0.25) is 0 Å². The molecule has 0 aliphatic heterocycles. The van der Waals surface area contributed by atoms with Crippen LogP contribution in [0.1, 0.15) is 271 Å². The van der Waals surface area contributed by atoms with Crippen molar-refractivity contribution in [1.82, 2.24) is 0 Å². The molecule has 6 nitrogen and oxygen atoms in total. The molecule has 0 N–H and O–H groups in total. The van der Waals surface area contributed by atoms with E-state index in [-0.39, 0.29) is 31.1 Å². The van der Waals surface area contributed by atoms with E-state index in [9.17, 15) is 14.4 Å². The molecule has 0 heterocycles. The van der Waals surface area contributed by atoms with Gasteiger partial charge in [0.05, 0.1) is 0 Å². The molecule has 0 spiro atoms. The molecule has 0 aliphatic carbocycles. The second-order valence-electron chi connectivity index (χ2n) is 17.8. The monoisotopic (exact) mass is 869 g/mol. The average Bonchev–Trinajstić information content (AvgIpc) is 3.27. The molecule has 0 aromatic carbocycles. The Morgan fingerprint density at radius 3 is 1.06 bits per heavy atom. The first-order chi connectivity index (χ1) is 30.5. The molecule has 0 fully saturated rings. The van der Waals surface area contributed by atoms with Crippen molar-refractivity contribution in [2.45, 2.75) is 277 Å². The molecule has 0 aromatic heterocycles. The second-order valence-corrected chi connectivity index (χ2v) is 17.8. The minimum atomic E-state index is -0.780. The normalized spacial score (nSPS) is 12.4. The maximum Gasteiger partial charge on any atom is 0.306 e. The van der Waals surface area contributed by atoms with Crippen molar-refractivity contribution < 1.29 is 28.6 Å². The molecule has 0 rings (SSSR count). The van der Waals surface area contributed by atoms with Crippen LogP contribution in [0.4, 0.5) is 0 Å². The van der Waals surface area contributed by atoms with Crippen molar-refractivity contribution in [3.63, 3.8) is 0 Å². The van der Waals surface area contributed by atoms with E-state index in [4.69, 9.17) is 14.2 Å². The SMILES string of the molecule is CC\C=C/C=C\C=C/CCCCCCCCCC(=O)OC(COC(=O)CCCCCC/C=C\CCCC)COC(=O)CCCCCCCCCCCCCCCCCCCCC. The van der Waals surface area contributed by atoms with Crippen molar-refractivity contribution in [3.8, 4) is 0 Å². The van der Waals surface area contributed by atoms with Gasteiger partial charge in [0.1, 0.15) is 13.2 Å². The zero-order chi connectivity index (χ0) is 45.1. The highest BCUT2D eigenvalue weighted by atomic mass is 16.6. The smallest absolute Gasteiger partial charge is 0.306 e. The van der Waals surface area contributed by atoms with E-state index in [1.54, 1.807) is 0 Å². The Bertz CT molecular complexity index is 1090. The van der Waals surface area contributed by atoms with Gasteiger partial charge in [-0.05, 0) is 57.8 Å². The van der Waals surface area contributed by atoms with E-state index in [1.165, 1.54) is 141 Å². The highest BCUT2D eigenvalue weighted by molar-refractivity contribution is 5.71. The molecule has 0 aromatic rings. The Hall–Kier alpha value is -2.63. The molecule has 1 unspecified atom stereocenters. The number of hydrogen-bond acceptors (Lipinski definition) is 6. The van der Waals surface area contributed by atoms with Crippen LogP contribution in [0.15, 0.2) is 48.6 Å². The molecule has 0 bridgehead atoms. The Balaban J connectivity index is 4.30. The number of carbonyl (C=O) groups is 3. The summed E-state index contributed by atoms with van der Waals surface area (Å²) in [4.78, 5) is 37.9. The van der Waals surface area contributed by atoms with Crippen molar-refractivity contribution in [2.75, 3.05) is 13.2 Å². The van der Waals surface area contributed by atoms with Crippen LogP contribution in [0.2, 0.25) is 0 Å². The summed E-state index contributed by atoms with van der Waals surface area (Å²) in [6, 6.07) is 0. The number of esters is 3. The third-order valence-corrected chi connectivity index (χ3v) is 11.6. The van der Waals surface area contributed by atoms with Gasteiger partial charge in [-0.25, -0.2) is 0 Å². The van der Waals surface area contributed by atoms with Crippen LogP contribution >= 0.6 is 0 Å². The minimum absolute atomic E-state index is 0.0792. The Morgan fingerprint density at radius 1 is 0.339 bits per heavy atom. The third-order valence-electron chi connectivity index (χ3n) is 11.6. The fourth-order valence-corrected chi connectivity index (χ4v) is 7.60. The summed E-state index contributed by atoms with van der Waals surface area (Å²) in [5, 5.41) is 0. The number of allylic oxidation sites excluding steroid dienone is 8. The lowest BCUT2D eigenvalue weighted by Crippen LogP contribution is -2.30. The quantitative estimate of drug-likeness (QED) is 0.0199. The van der Waals surface area contributed by atoms with E-state index >= 15 is 0 Å². The predicted octanol–water partition coefficient (Wildman–Crippen LogP) is 17.5. The number of hydrogen-bond donors (Lipinski definition) is 0. The van der Waals surface area contributed by atoms with Crippen LogP contribution in [-0.4, -0.2) is 37.2 Å². The maximum absolute atomic E-state index is 12.8. The van der Waals surface area contributed by atoms with Gasteiger partial charge in [-0.3, -0.25) is 14.4 Å². The largest absolute Gasteiger partial charge is 0.462 e. The zero-order valence-electron chi connectivity index (χ0n) is 41.1. The van der Waals surface area contributed by atoms with Crippen molar-refractivity contribution in [1.29, 1.82) is 0 Å². The summed E-state index contributed by atoms with van der Waals surface area (Å²) in [6.45, 7) is 6.47. The molecule has 1 atom stereocenters. The molecule has 62 heavy (non-hydrogen) atoms. The molecule has 0 amide bonds. The van der Waals surface area contributed by atoms with Crippen LogP contribution in [-0.2, 0) is 28.6 Å². The predicted molar refractivity (Wildman–Crippen MR) is 265 cm³/mol. The number of rotatable bonds is 48. The van der Waals surface area contributed by atoms with E-state index in [0.717, 1.165) is 89.9 Å². The Kier molecular flexibility index (Phi) is 48.8. The molecule has 0 saturated heterocycles. The van der Waals surface area contributed by atoms with Crippen molar-refractivity contribution >= 4 is 17.9 Å². The van der Waals surface area contributed by atoms with Crippen molar-refractivity contribution in [2.24, 2.45) is 0 Å². The molecular weight excluding hydrogens is 769 g/mol. The molecule has 6 heteroatoms. The number of unbranched alkanes of at least 4 members (excludes halogenated alkanes) is 31. The van der Waals surface area contributed by atoms with Gasteiger partial charge in [0, 0.05) is 19.3 Å². The average molecular weight is 869 g/mol. The summed E-state index contributed by atoms with van der Waals surface area (Å²) in [5.41, 5.74) is 0. The first-order valence-electron chi connectivity index (χ1n) is 26.7. The van der Waals surface area contributed by atoms with Crippen LogP contribution in [0.5, 0.6) is 0 Å². The van der Waals surface area contributed by atoms with E-state index in [0.29, 0.717) is 19.3 Å². The van der Waals surface area contributed by atoms with Gasteiger partial charge in [-0.2, -0.15) is 0 Å². The lowest BCUT2D eigenvalue weighted by atomic mass is 10.0. The molecule has 0 saturated carbocycles. The van der Waals surface area contributed by atoms with Gasteiger partial charge in [0.25, 0.3) is 0 Å². The fraction of sp³-hybridized carbons (Fsp3) is 0.804. The zero-order valence-corrected chi connectivity index (χ0v) is 41.1. The summed E-state index contributed by atoms with van der Waals surface area (Å²) < 4.78 is 16.8. The Morgan fingerprint density at radius 2 is 0.661 bits per heavy atom. The van der Waals surface area contributed by atoms with Gasteiger partial charge in [-0.1, -0.05) is 243 Å².